The van der Waals surface area contributed by atoms with Crippen LogP contribution in [0, 0.1) is 0 Å². The Morgan fingerprint density at radius 3 is 2.92 bits per heavy atom. The van der Waals surface area contributed by atoms with Gasteiger partial charge in [0, 0.05) is 0 Å². The van der Waals surface area contributed by atoms with Gasteiger partial charge in [-0.3, -0.25) is 0 Å². The largest absolute Gasteiger partial charge is 0.0984 e. The number of allylic oxidation sites excluding steroid dienone is 2. The highest BCUT2D eigenvalue weighted by molar-refractivity contribution is 5.83. The molecule has 13 heavy (non-hydrogen) atoms. The van der Waals surface area contributed by atoms with Crippen molar-refractivity contribution in [2.45, 2.75) is 6.42 Å². The van der Waals surface area contributed by atoms with Crippen molar-refractivity contribution in [1.82, 2.24) is 0 Å². The lowest BCUT2D eigenvalue weighted by Crippen LogP contribution is -1.95. The van der Waals surface area contributed by atoms with Gasteiger partial charge >= 0.3 is 0 Å². The van der Waals surface area contributed by atoms with E-state index in [2.05, 4.69) is 43.5 Å². The van der Waals surface area contributed by atoms with Gasteiger partial charge in [0.25, 0.3) is 0 Å². The molecule has 0 atom stereocenters. The first kappa shape index (κ1) is 8.06. The molecule has 0 heterocycles. The van der Waals surface area contributed by atoms with Crippen LogP contribution in [-0.2, 0) is 0 Å². The molecule has 0 saturated heterocycles. The summed E-state index contributed by atoms with van der Waals surface area (Å²) in [5, 5.41) is 0. The van der Waals surface area contributed by atoms with Crippen molar-refractivity contribution in [2.24, 2.45) is 0 Å². The van der Waals surface area contributed by atoms with Crippen LogP contribution in [0.2, 0.25) is 0 Å². The Kier molecular flexibility index (Phi) is 1.90. The van der Waals surface area contributed by atoms with Crippen molar-refractivity contribution in [3.8, 4) is 0 Å². The number of benzene rings is 1. The van der Waals surface area contributed by atoms with E-state index in [0.717, 1.165) is 6.42 Å². The van der Waals surface area contributed by atoms with E-state index < -0.39 is 0 Å². The molecule has 1 aromatic carbocycles. The molecule has 0 N–H and O–H groups in total. The van der Waals surface area contributed by atoms with Crippen LogP contribution in [0.25, 0.3) is 17.7 Å². The Hall–Kier alpha value is -1.56. The molecule has 0 aromatic heterocycles. The highest BCUT2D eigenvalue weighted by Crippen LogP contribution is 2.30. The molecule has 2 rings (SSSR count). The topological polar surface area (TPSA) is 0 Å². The van der Waals surface area contributed by atoms with Gasteiger partial charge in [-0.1, -0.05) is 49.6 Å². The van der Waals surface area contributed by atoms with Crippen molar-refractivity contribution < 1.29 is 0 Å². The second-order valence-electron chi connectivity index (χ2n) is 3.23. The van der Waals surface area contributed by atoms with E-state index in [-0.39, 0.29) is 0 Å². The van der Waals surface area contributed by atoms with E-state index in [4.69, 9.17) is 0 Å². The lowest BCUT2D eigenvalue weighted by Gasteiger charge is -2.15. The molecule has 0 radical (unpaired) electrons. The van der Waals surface area contributed by atoms with E-state index in [1.807, 2.05) is 6.08 Å². The molecule has 1 aliphatic carbocycles. The van der Waals surface area contributed by atoms with E-state index in [0.29, 0.717) is 0 Å². The molecule has 64 valence electrons. The van der Waals surface area contributed by atoms with Crippen molar-refractivity contribution in [3.05, 3.63) is 54.1 Å². The summed E-state index contributed by atoms with van der Waals surface area (Å²) in [4.78, 5) is 0. The fraction of sp³-hybridized carbons (Fsp3) is 0.0769. The van der Waals surface area contributed by atoms with E-state index in [9.17, 15) is 0 Å². The molecular formula is C13H12. The predicted octanol–water partition coefficient (Wildman–Crippen LogP) is 3.76. The van der Waals surface area contributed by atoms with E-state index in [1.165, 1.54) is 22.3 Å². The maximum Gasteiger partial charge on any atom is -0.00824 e. The zero-order valence-corrected chi connectivity index (χ0v) is 7.59. The van der Waals surface area contributed by atoms with E-state index >= 15 is 0 Å². The fourth-order valence-electron chi connectivity index (χ4n) is 1.74. The van der Waals surface area contributed by atoms with Crippen molar-refractivity contribution >= 4 is 17.7 Å². The van der Waals surface area contributed by atoms with Crippen LogP contribution >= 0.6 is 0 Å². The summed E-state index contributed by atoms with van der Waals surface area (Å²) in [7, 11) is 0. The molecule has 0 amide bonds. The molecule has 0 spiro atoms. The van der Waals surface area contributed by atoms with Gasteiger partial charge in [-0.15, -0.1) is 0 Å². The molecule has 0 unspecified atom stereocenters. The Labute approximate surface area is 78.9 Å². The van der Waals surface area contributed by atoms with Crippen LogP contribution in [0.3, 0.4) is 0 Å². The van der Waals surface area contributed by atoms with Gasteiger partial charge in [0.2, 0.25) is 0 Å². The average Bonchev–Trinajstić information content (AvgIpc) is 2.17. The summed E-state index contributed by atoms with van der Waals surface area (Å²) >= 11 is 0. The van der Waals surface area contributed by atoms with Crippen LogP contribution in [0.1, 0.15) is 23.1 Å². The minimum atomic E-state index is 0.956. The van der Waals surface area contributed by atoms with Crippen molar-refractivity contribution in [3.63, 3.8) is 0 Å². The summed E-state index contributed by atoms with van der Waals surface area (Å²) in [6.07, 6.45) is 7.15. The second kappa shape index (κ2) is 3.06. The first-order chi connectivity index (χ1) is 6.33. The molecule has 0 saturated carbocycles. The summed E-state index contributed by atoms with van der Waals surface area (Å²) in [6, 6.07) is 6.25. The van der Waals surface area contributed by atoms with Gasteiger partial charge in [-0.25, -0.2) is 0 Å². The van der Waals surface area contributed by atoms with Gasteiger partial charge in [-0.05, 0) is 28.7 Å². The second-order valence-corrected chi connectivity index (χ2v) is 3.23. The predicted molar refractivity (Wildman–Crippen MR) is 59.2 cm³/mol. The van der Waals surface area contributed by atoms with Crippen molar-refractivity contribution in [1.29, 1.82) is 0 Å². The maximum absolute atomic E-state index is 4.07. The molecule has 1 aliphatic rings. The molecule has 0 fully saturated rings. The van der Waals surface area contributed by atoms with Gasteiger partial charge in [0.15, 0.2) is 0 Å². The number of rotatable bonds is 1. The Bertz CT molecular complexity index is 394. The minimum absolute atomic E-state index is 0.956. The SMILES string of the molecule is C=Cc1cccc2c1C(=C)CC=C2. The van der Waals surface area contributed by atoms with Crippen LogP contribution in [-0.4, -0.2) is 0 Å². The van der Waals surface area contributed by atoms with Gasteiger partial charge in [0.05, 0.1) is 0 Å². The Morgan fingerprint density at radius 1 is 1.31 bits per heavy atom. The Balaban J connectivity index is 2.71. The number of hydrogen-bond donors (Lipinski definition) is 0. The molecular weight excluding hydrogens is 156 g/mol. The van der Waals surface area contributed by atoms with E-state index in [1.54, 1.807) is 0 Å². The standard InChI is InChI=1S/C13H12/c1-3-11-7-5-9-12-8-4-6-10(2)13(11)12/h3-5,7-9H,1-2,6H2. The van der Waals surface area contributed by atoms with Gasteiger partial charge < -0.3 is 0 Å². The highest BCUT2D eigenvalue weighted by Gasteiger charge is 2.10. The summed E-state index contributed by atoms with van der Waals surface area (Å²) in [5.74, 6) is 0. The molecule has 1 aromatic rings. The van der Waals surface area contributed by atoms with Gasteiger partial charge in [0.1, 0.15) is 0 Å². The Morgan fingerprint density at radius 2 is 2.15 bits per heavy atom. The zero-order valence-electron chi connectivity index (χ0n) is 7.59. The van der Waals surface area contributed by atoms with Crippen LogP contribution in [0.15, 0.2) is 37.4 Å². The molecule has 0 heteroatoms. The minimum Gasteiger partial charge on any atom is -0.0984 e. The lowest BCUT2D eigenvalue weighted by atomic mass is 9.89. The van der Waals surface area contributed by atoms with Crippen LogP contribution in [0.5, 0.6) is 0 Å². The number of fused-ring (bicyclic) bond motifs is 1. The first-order valence-corrected chi connectivity index (χ1v) is 4.43. The maximum atomic E-state index is 4.07. The summed E-state index contributed by atoms with van der Waals surface area (Å²) < 4.78 is 0. The molecule has 0 bridgehead atoms. The third-order valence-electron chi connectivity index (χ3n) is 2.36. The quantitative estimate of drug-likeness (QED) is 0.599. The van der Waals surface area contributed by atoms with Crippen LogP contribution < -0.4 is 0 Å². The summed E-state index contributed by atoms with van der Waals surface area (Å²) in [5.41, 5.74) is 4.90. The third-order valence-corrected chi connectivity index (χ3v) is 2.36. The fourth-order valence-corrected chi connectivity index (χ4v) is 1.74. The first-order valence-electron chi connectivity index (χ1n) is 4.43. The lowest BCUT2D eigenvalue weighted by molar-refractivity contribution is 1.36. The number of hydrogen-bond acceptors (Lipinski definition) is 0. The molecule has 0 nitrogen and oxygen atoms in total. The smallest absolute Gasteiger partial charge is 0.00824 e. The average molecular weight is 168 g/mol. The normalized spacial score (nSPS) is 14.0. The monoisotopic (exact) mass is 168 g/mol. The highest BCUT2D eigenvalue weighted by atomic mass is 14.1. The zero-order chi connectivity index (χ0) is 9.26. The van der Waals surface area contributed by atoms with Gasteiger partial charge in [-0.2, -0.15) is 0 Å². The third kappa shape index (κ3) is 1.25. The van der Waals surface area contributed by atoms with Crippen molar-refractivity contribution in [2.75, 3.05) is 0 Å². The molecule has 0 aliphatic heterocycles. The summed E-state index contributed by atoms with van der Waals surface area (Å²) in [6.45, 7) is 7.87. The van der Waals surface area contributed by atoms with Crippen LogP contribution in [0.4, 0.5) is 0 Å².